The Morgan fingerprint density at radius 1 is 0.625 bits per heavy atom. The maximum Gasteiger partial charge on any atom is -0.00260 e. The van der Waals surface area contributed by atoms with Gasteiger partial charge in [0.05, 0.1) is 0 Å². The fourth-order valence-electron chi connectivity index (χ4n) is 4.64. The molecule has 1 aliphatic rings. The molecule has 0 aliphatic heterocycles. The predicted molar refractivity (Wildman–Crippen MR) is 149 cm³/mol. The molecule has 5 rings (SSSR count). The summed E-state index contributed by atoms with van der Waals surface area (Å²) in [5.74, 6) is 0. The molecule has 4 aromatic rings. The molecule has 4 aromatic carbocycles. The second kappa shape index (κ2) is 11.3. The maximum atomic E-state index is 2.39. The van der Waals surface area contributed by atoms with E-state index in [1.165, 1.54) is 71.8 Å². The summed E-state index contributed by atoms with van der Waals surface area (Å²) in [6.07, 6.45) is 7.02. The van der Waals surface area contributed by atoms with Crippen molar-refractivity contribution in [1.29, 1.82) is 0 Å². The van der Waals surface area contributed by atoms with E-state index >= 15 is 0 Å². The number of aryl methyl sites for hydroxylation is 3. The Labute approximate surface area is 196 Å². The predicted octanol–water partition coefficient (Wildman–Crippen LogP) is 9.54. The van der Waals surface area contributed by atoms with E-state index in [4.69, 9.17) is 0 Å². The first-order valence-corrected chi connectivity index (χ1v) is 12.5. The van der Waals surface area contributed by atoms with E-state index < -0.39 is 0 Å². The quantitative estimate of drug-likeness (QED) is 0.194. The van der Waals surface area contributed by atoms with E-state index in [0.717, 1.165) is 6.42 Å². The van der Waals surface area contributed by atoms with Gasteiger partial charge in [-0.15, -0.1) is 0 Å². The van der Waals surface area contributed by atoms with Gasteiger partial charge in [0.15, 0.2) is 0 Å². The van der Waals surface area contributed by atoms with Crippen LogP contribution in [0.15, 0.2) is 48.0 Å². The molecular weight excluding hydrogens is 384 g/mol. The molecule has 0 radical (unpaired) electrons. The van der Waals surface area contributed by atoms with Gasteiger partial charge >= 0.3 is 0 Å². The molecule has 1 aliphatic carbocycles. The summed E-state index contributed by atoms with van der Waals surface area (Å²) in [4.78, 5) is 0. The van der Waals surface area contributed by atoms with Crippen LogP contribution < -0.4 is 5.22 Å². The summed E-state index contributed by atoms with van der Waals surface area (Å²) in [5.41, 5.74) is 6.85. The van der Waals surface area contributed by atoms with Crippen molar-refractivity contribution in [2.75, 3.05) is 0 Å². The lowest BCUT2D eigenvalue weighted by Gasteiger charge is -2.16. The highest BCUT2D eigenvalue weighted by Gasteiger charge is 2.15. The highest BCUT2D eigenvalue weighted by molar-refractivity contribution is 6.22. The summed E-state index contributed by atoms with van der Waals surface area (Å²) >= 11 is 0. The molecule has 0 spiro atoms. The SMILES string of the molecule is CC.CC.CC1=CCc2cc(C)cc3c2c(c2cc(C)cc4cc(C)cc3c42)=C1.CCC. The zero-order valence-electron chi connectivity index (χ0n) is 22.0. The minimum Gasteiger partial charge on any atom is -0.0772 e. The van der Waals surface area contributed by atoms with E-state index in [9.17, 15) is 0 Å². The van der Waals surface area contributed by atoms with Crippen LogP contribution in [0.4, 0.5) is 0 Å². The molecule has 0 saturated carbocycles. The molecule has 0 atom stereocenters. The largest absolute Gasteiger partial charge is 0.0772 e. The smallest absolute Gasteiger partial charge is 0.00260 e. The van der Waals surface area contributed by atoms with Crippen LogP contribution in [0.25, 0.3) is 38.4 Å². The minimum atomic E-state index is 1.02. The van der Waals surface area contributed by atoms with Crippen LogP contribution in [0.5, 0.6) is 0 Å². The zero-order valence-corrected chi connectivity index (χ0v) is 22.0. The van der Waals surface area contributed by atoms with E-state index in [1.807, 2.05) is 27.7 Å². The number of rotatable bonds is 0. The number of benzene rings is 4. The Hall–Kier alpha value is -2.60. The standard InChI is InChI=1S/C25H22.C3H8.2C2H6/c1-14-5-6-18-7-15(2)11-21-23-13-17(4)9-19-8-16(3)12-22(25(19)23)20(10-14)24(18)21;1-3-2;2*1-2/h5,7-13H,6H2,1-4H3;3H2,1-2H3;2*1-2H3. The van der Waals surface area contributed by atoms with Crippen molar-refractivity contribution in [1.82, 2.24) is 0 Å². The number of hydrogen-bond donors (Lipinski definition) is 0. The van der Waals surface area contributed by atoms with Gasteiger partial charge in [-0.25, -0.2) is 0 Å². The van der Waals surface area contributed by atoms with E-state index in [1.54, 1.807) is 0 Å². The Morgan fingerprint density at radius 2 is 1.09 bits per heavy atom. The van der Waals surface area contributed by atoms with Gasteiger partial charge in [-0.05, 0) is 88.3 Å². The van der Waals surface area contributed by atoms with Crippen molar-refractivity contribution < 1.29 is 0 Å². The number of allylic oxidation sites excluding steroid dienone is 2. The van der Waals surface area contributed by atoms with Crippen molar-refractivity contribution in [2.24, 2.45) is 0 Å². The summed E-state index contributed by atoms with van der Waals surface area (Å²) in [6.45, 7) is 21.1. The first-order chi connectivity index (χ1) is 15.4. The Bertz CT molecular complexity index is 1290. The third kappa shape index (κ3) is 4.90. The number of fused-ring (bicyclic) bond motifs is 2. The van der Waals surface area contributed by atoms with Crippen molar-refractivity contribution in [3.63, 3.8) is 0 Å². The second-order valence-electron chi connectivity index (χ2n) is 8.49. The molecule has 32 heavy (non-hydrogen) atoms. The zero-order chi connectivity index (χ0) is 24.0. The fourth-order valence-corrected chi connectivity index (χ4v) is 4.64. The van der Waals surface area contributed by atoms with Gasteiger partial charge in [0.2, 0.25) is 0 Å². The normalized spacial score (nSPS) is 11.9. The fraction of sp³-hybridized carbons (Fsp3) is 0.375. The monoisotopic (exact) mass is 426 g/mol. The third-order valence-corrected chi connectivity index (χ3v) is 5.57. The van der Waals surface area contributed by atoms with Gasteiger partial charge in [-0.3, -0.25) is 0 Å². The Morgan fingerprint density at radius 3 is 1.66 bits per heavy atom. The van der Waals surface area contributed by atoms with Crippen molar-refractivity contribution in [3.8, 4) is 0 Å². The van der Waals surface area contributed by atoms with E-state index in [-0.39, 0.29) is 0 Å². The lowest BCUT2D eigenvalue weighted by molar-refractivity contribution is 1.09. The Kier molecular flexibility index (Phi) is 9.08. The lowest BCUT2D eigenvalue weighted by atomic mass is 9.88. The van der Waals surface area contributed by atoms with Crippen molar-refractivity contribution >= 4 is 38.4 Å². The van der Waals surface area contributed by atoms with Gasteiger partial charge < -0.3 is 0 Å². The van der Waals surface area contributed by atoms with Crippen molar-refractivity contribution in [2.45, 2.75) is 82.1 Å². The molecule has 0 heteroatoms. The summed E-state index contributed by atoms with van der Waals surface area (Å²) in [6, 6.07) is 14.2. The average Bonchev–Trinajstić information content (AvgIpc) is 2.93. The first-order valence-electron chi connectivity index (χ1n) is 12.5. The molecule has 170 valence electrons. The Balaban J connectivity index is 0.000000471. The van der Waals surface area contributed by atoms with Crippen LogP contribution in [0, 0.1) is 20.8 Å². The molecule has 0 bridgehead atoms. The molecule has 0 amide bonds. The van der Waals surface area contributed by atoms with E-state index in [2.05, 4.69) is 90.1 Å². The molecule has 0 unspecified atom stereocenters. The van der Waals surface area contributed by atoms with E-state index in [0.29, 0.717) is 0 Å². The topological polar surface area (TPSA) is 0 Å². The van der Waals surface area contributed by atoms with Gasteiger partial charge in [-0.2, -0.15) is 0 Å². The number of hydrogen-bond acceptors (Lipinski definition) is 0. The van der Waals surface area contributed by atoms with Crippen LogP contribution >= 0.6 is 0 Å². The van der Waals surface area contributed by atoms with Gasteiger partial charge in [-0.1, -0.05) is 108 Å². The third-order valence-electron chi connectivity index (χ3n) is 5.57. The maximum absolute atomic E-state index is 2.39. The van der Waals surface area contributed by atoms with Crippen LogP contribution in [0.1, 0.15) is 77.1 Å². The first kappa shape index (κ1) is 25.7. The van der Waals surface area contributed by atoms with Gasteiger partial charge in [0.25, 0.3) is 0 Å². The van der Waals surface area contributed by atoms with Gasteiger partial charge in [0, 0.05) is 0 Å². The van der Waals surface area contributed by atoms with Crippen LogP contribution in [0.3, 0.4) is 0 Å². The summed E-state index contributed by atoms with van der Waals surface area (Å²) in [7, 11) is 0. The highest BCUT2D eigenvalue weighted by Crippen LogP contribution is 2.35. The molecule has 0 saturated heterocycles. The molecule has 0 heterocycles. The lowest BCUT2D eigenvalue weighted by Crippen LogP contribution is -2.08. The molecule has 0 nitrogen and oxygen atoms in total. The molecule has 0 fully saturated rings. The summed E-state index contributed by atoms with van der Waals surface area (Å²) in [5, 5.41) is 9.85. The summed E-state index contributed by atoms with van der Waals surface area (Å²) < 4.78 is 0. The average molecular weight is 427 g/mol. The van der Waals surface area contributed by atoms with Crippen molar-refractivity contribution in [3.05, 3.63) is 75.5 Å². The molecule has 0 N–H and O–H groups in total. The highest BCUT2D eigenvalue weighted by atomic mass is 14.2. The van der Waals surface area contributed by atoms with Crippen LogP contribution in [0.2, 0.25) is 0 Å². The molecular formula is C32H42. The second-order valence-corrected chi connectivity index (χ2v) is 8.49. The minimum absolute atomic E-state index is 1.02. The molecule has 0 aromatic heterocycles. The van der Waals surface area contributed by atoms with Crippen LogP contribution in [-0.2, 0) is 6.42 Å². The van der Waals surface area contributed by atoms with Gasteiger partial charge in [0.1, 0.15) is 0 Å². The van der Waals surface area contributed by atoms with Crippen LogP contribution in [-0.4, -0.2) is 0 Å².